The van der Waals surface area contributed by atoms with E-state index in [4.69, 9.17) is 0 Å². The molecule has 2 heterocycles. The third-order valence-electron chi connectivity index (χ3n) is 4.23. The van der Waals surface area contributed by atoms with E-state index < -0.39 is 40.2 Å². The summed E-state index contributed by atoms with van der Waals surface area (Å²) in [6.07, 6.45) is 1.57. The first-order valence-electron chi connectivity index (χ1n) is 8.65. The summed E-state index contributed by atoms with van der Waals surface area (Å²) in [5.41, 5.74) is -0.636. The van der Waals surface area contributed by atoms with Gasteiger partial charge in [0.1, 0.15) is 5.78 Å². The SMILES string of the molecule is O=C(c1[c-]cc(F)cc1F)c1[c-]c(-c2cccc(-c3ccccn3)n2)c(F)cc1F.[Pt+2]. The van der Waals surface area contributed by atoms with Gasteiger partial charge in [-0.1, -0.05) is 41.5 Å². The van der Waals surface area contributed by atoms with Crippen molar-refractivity contribution in [1.29, 1.82) is 0 Å². The van der Waals surface area contributed by atoms with Crippen LogP contribution in [0.2, 0.25) is 0 Å². The van der Waals surface area contributed by atoms with E-state index in [1.54, 1.807) is 36.5 Å². The predicted octanol–water partition coefficient (Wildman–Crippen LogP) is 5.20. The van der Waals surface area contributed by atoms with Crippen molar-refractivity contribution in [3.63, 3.8) is 0 Å². The van der Waals surface area contributed by atoms with Crippen LogP contribution in [0.5, 0.6) is 0 Å². The predicted molar refractivity (Wildman–Crippen MR) is 100 cm³/mol. The zero-order chi connectivity index (χ0) is 21.3. The smallest absolute Gasteiger partial charge is 0.337 e. The number of nitrogens with zero attached hydrogens (tertiary/aromatic N) is 2. The largest absolute Gasteiger partial charge is 2.00 e. The number of pyridine rings is 2. The van der Waals surface area contributed by atoms with Gasteiger partial charge in [0.15, 0.2) is 0 Å². The number of benzene rings is 2. The summed E-state index contributed by atoms with van der Waals surface area (Å²) in [4.78, 5) is 21.0. The van der Waals surface area contributed by atoms with Crippen molar-refractivity contribution in [2.75, 3.05) is 0 Å². The molecule has 4 aromatic rings. The Labute approximate surface area is 189 Å². The van der Waals surface area contributed by atoms with E-state index >= 15 is 0 Å². The zero-order valence-corrected chi connectivity index (χ0v) is 17.7. The molecule has 0 fully saturated rings. The molecule has 0 saturated heterocycles. The van der Waals surface area contributed by atoms with Gasteiger partial charge in [-0.05, 0) is 23.8 Å². The molecule has 2 aromatic heterocycles. The van der Waals surface area contributed by atoms with Crippen molar-refractivity contribution < 1.29 is 43.4 Å². The van der Waals surface area contributed by atoms with Gasteiger partial charge in [-0.2, -0.15) is 0 Å². The quantitative estimate of drug-likeness (QED) is 0.184. The third-order valence-corrected chi connectivity index (χ3v) is 4.23. The summed E-state index contributed by atoms with van der Waals surface area (Å²) in [5, 5.41) is 0. The average molecular weight is 601 g/mol. The van der Waals surface area contributed by atoms with E-state index in [1.807, 2.05) is 0 Å². The fourth-order valence-corrected chi connectivity index (χ4v) is 2.83. The van der Waals surface area contributed by atoms with Crippen molar-refractivity contribution in [2.45, 2.75) is 0 Å². The van der Waals surface area contributed by atoms with Crippen LogP contribution in [0.1, 0.15) is 15.9 Å². The fourth-order valence-electron chi connectivity index (χ4n) is 2.83. The molecule has 0 saturated carbocycles. The second kappa shape index (κ2) is 9.31. The van der Waals surface area contributed by atoms with Gasteiger partial charge < -0.3 is 4.79 Å². The molecule has 0 unspecified atom stereocenters. The fraction of sp³-hybridized carbons (Fsp3) is 0. The number of rotatable bonds is 4. The second-order valence-electron chi connectivity index (χ2n) is 6.21. The molecule has 0 radical (unpaired) electrons. The number of hydrogen-bond acceptors (Lipinski definition) is 3. The molecule has 0 N–H and O–H groups in total. The van der Waals surface area contributed by atoms with Crippen LogP contribution in [0.15, 0.2) is 60.8 Å². The maximum Gasteiger partial charge on any atom is 2.00 e. The third kappa shape index (κ3) is 4.62. The van der Waals surface area contributed by atoms with Crippen LogP contribution in [-0.2, 0) is 21.1 Å². The van der Waals surface area contributed by atoms with Crippen molar-refractivity contribution in [2.24, 2.45) is 0 Å². The van der Waals surface area contributed by atoms with Gasteiger partial charge in [-0.25, -0.2) is 0 Å². The summed E-state index contributed by atoms with van der Waals surface area (Å²) in [6, 6.07) is 16.1. The Morgan fingerprint density at radius 1 is 0.806 bits per heavy atom. The second-order valence-corrected chi connectivity index (χ2v) is 6.21. The van der Waals surface area contributed by atoms with Gasteiger partial charge >= 0.3 is 21.1 Å². The van der Waals surface area contributed by atoms with E-state index in [9.17, 15) is 22.4 Å². The minimum Gasteiger partial charge on any atom is -0.337 e. The number of carbonyl (C=O) groups is 1. The van der Waals surface area contributed by atoms with E-state index in [0.29, 0.717) is 23.5 Å². The maximum atomic E-state index is 14.5. The van der Waals surface area contributed by atoms with Gasteiger partial charge in [0.25, 0.3) is 0 Å². The van der Waals surface area contributed by atoms with Crippen LogP contribution in [0.3, 0.4) is 0 Å². The monoisotopic (exact) mass is 601 g/mol. The normalized spacial score (nSPS) is 10.5. The Bertz CT molecular complexity index is 1270. The average Bonchev–Trinajstić information content (AvgIpc) is 2.74. The first kappa shape index (κ1) is 22.5. The summed E-state index contributed by atoms with van der Waals surface area (Å²) < 4.78 is 55.8. The number of ketones is 1. The first-order chi connectivity index (χ1) is 14.4. The van der Waals surface area contributed by atoms with Gasteiger partial charge in [0.2, 0.25) is 0 Å². The molecule has 156 valence electrons. The number of aromatic nitrogens is 2. The summed E-state index contributed by atoms with van der Waals surface area (Å²) >= 11 is 0. The van der Waals surface area contributed by atoms with E-state index in [2.05, 4.69) is 22.1 Å². The molecular formula is C23H10F4N2OPt. The van der Waals surface area contributed by atoms with Crippen molar-refractivity contribution >= 4 is 5.78 Å². The molecule has 2 aromatic carbocycles. The van der Waals surface area contributed by atoms with Crippen molar-refractivity contribution in [3.8, 4) is 22.6 Å². The van der Waals surface area contributed by atoms with Gasteiger partial charge in [-0.15, -0.1) is 18.2 Å². The molecule has 8 heteroatoms. The molecule has 0 bridgehead atoms. The molecule has 4 rings (SSSR count). The van der Waals surface area contributed by atoms with Crippen LogP contribution >= 0.6 is 0 Å². The Hall–Kier alpha value is -3.18. The Balaban J connectivity index is 0.00000272. The van der Waals surface area contributed by atoms with Crippen LogP contribution in [0.4, 0.5) is 17.6 Å². The zero-order valence-electron chi connectivity index (χ0n) is 15.4. The summed E-state index contributed by atoms with van der Waals surface area (Å²) in [5.74, 6) is -5.54. The molecular weight excluding hydrogens is 591 g/mol. The molecule has 0 aliphatic rings. The van der Waals surface area contributed by atoms with Crippen LogP contribution in [0, 0.1) is 35.4 Å². The number of carbonyl (C=O) groups excluding carboxylic acids is 1. The molecule has 0 amide bonds. The first-order valence-corrected chi connectivity index (χ1v) is 8.65. The number of halogens is 4. The maximum absolute atomic E-state index is 14.5. The molecule has 31 heavy (non-hydrogen) atoms. The van der Waals surface area contributed by atoms with Crippen LogP contribution < -0.4 is 0 Å². The summed E-state index contributed by atoms with van der Waals surface area (Å²) in [6.45, 7) is 0. The van der Waals surface area contributed by atoms with Crippen molar-refractivity contribution in [1.82, 2.24) is 9.97 Å². The van der Waals surface area contributed by atoms with E-state index in [-0.39, 0.29) is 32.3 Å². The Kier molecular flexibility index (Phi) is 6.76. The van der Waals surface area contributed by atoms with Gasteiger partial charge in [0.05, 0.1) is 23.0 Å². The minimum absolute atomic E-state index is 0. The van der Waals surface area contributed by atoms with E-state index in [0.717, 1.165) is 6.07 Å². The van der Waals surface area contributed by atoms with Gasteiger partial charge in [-0.3, -0.25) is 27.5 Å². The Morgan fingerprint density at radius 2 is 1.52 bits per heavy atom. The number of hydrogen-bond donors (Lipinski definition) is 0. The Morgan fingerprint density at radius 3 is 2.23 bits per heavy atom. The molecule has 3 nitrogen and oxygen atoms in total. The van der Waals surface area contributed by atoms with Crippen LogP contribution in [-0.4, -0.2) is 15.8 Å². The molecule has 0 atom stereocenters. The van der Waals surface area contributed by atoms with Crippen molar-refractivity contribution in [3.05, 3.63) is 107 Å². The summed E-state index contributed by atoms with van der Waals surface area (Å²) in [7, 11) is 0. The molecule has 0 aliphatic carbocycles. The molecule has 0 aliphatic heterocycles. The van der Waals surface area contributed by atoms with E-state index in [1.165, 1.54) is 6.07 Å². The minimum atomic E-state index is -1.24. The standard InChI is InChI=1S/C23H10F4N2O.Pt/c24-13-7-8-14(17(25)10-13)23(30)16-11-15(18(26)12-19(16)27)20-5-3-6-22(29-20)21-4-1-2-9-28-21;/h1-7,9-10,12H;/q-2;+2. The topological polar surface area (TPSA) is 42.9 Å². The molecule has 0 spiro atoms. The van der Waals surface area contributed by atoms with Crippen LogP contribution in [0.25, 0.3) is 22.6 Å². The van der Waals surface area contributed by atoms with Gasteiger partial charge in [0, 0.05) is 23.5 Å².